The second-order valence-corrected chi connectivity index (χ2v) is 4.60. The lowest BCUT2D eigenvalue weighted by Crippen LogP contribution is -2.17. The Morgan fingerprint density at radius 3 is 2.84 bits per heavy atom. The normalized spacial score (nSPS) is 21.4. The molecule has 0 radical (unpaired) electrons. The van der Waals surface area contributed by atoms with E-state index in [1.807, 2.05) is 0 Å². The molecular formula is C13H15F3O3. The summed E-state index contributed by atoms with van der Waals surface area (Å²) < 4.78 is 45.3. The zero-order valence-electron chi connectivity index (χ0n) is 10.2. The molecule has 1 aliphatic heterocycles. The maximum Gasteiger partial charge on any atom is 0.573 e. The quantitative estimate of drug-likeness (QED) is 0.918. The minimum absolute atomic E-state index is 0.252. The maximum absolute atomic E-state index is 12.1. The van der Waals surface area contributed by atoms with Crippen LogP contribution in [0.5, 0.6) is 5.75 Å². The van der Waals surface area contributed by atoms with E-state index in [1.165, 1.54) is 18.2 Å². The summed E-state index contributed by atoms with van der Waals surface area (Å²) >= 11 is 0. The lowest BCUT2D eigenvalue weighted by atomic mass is 9.96. The van der Waals surface area contributed by atoms with Crippen molar-refractivity contribution in [1.82, 2.24) is 0 Å². The van der Waals surface area contributed by atoms with Crippen molar-refractivity contribution in [2.24, 2.45) is 5.92 Å². The van der Waals surface area contributed by atoms with Crippen molar-refractivity contribution < 1.29 is 27.8 Å². The molecule has 0 bridgehead atoms. The molecule has 19 heavy (non-hydrogen) atoms. The number of rotatable bonds is 4. The second kappa shape index (κ2) is 5.79. The summed E-state index contributed by atoms with van der Waals surface area (Å²) in [7, 11) is 0. The fourth-order valence-corrected chi connectivity index (χ4v) is 2.14. The molecule has 2 atom stereocenters. The summed E-state index contributed by atoms with van der Waals surface area (Å²) in [6, 6.07) is 5.45. The van der Waals surface area contributed by atoms with Gasteiger partial charge in [0.15, 0.2) is 0 Å². The molecule has 1 fully saturated rings. The predicted molar refractivity (Wildman–Crippen MR) is 61.6 cm³/mol. The third-order valence-electron chi connectivity index (χ3n) is 3.06. The molecular weight excluding hydrogens is 261 g/mol. The monoisotopic (exact) mass is 276 g/mol. The summed E-state index contributed by atoms with van der Waals surface area (Å²) in [4.78, 5) is 0. The summed E-state index contributed by atoms with van der Waals surface area (Å²) in [5.74, 6) is -0.0612. The van der Waals surface area contributed by atoms with Gasteiger partial charge in [0.25, 0.3) is 0 Å². The van der Waals surface area contributed by atoms with Gasteiger partial charge >= 0.3 is 6.36 Å². The first-order valence-corrected chi connectivity index (χ1v) is 6.05. The van der Waals surface area contributed by atoms with Crippen LogP contribution in [0.3, 0.4) is 0 Å². The molecule has 1 aliphatic rings. The Kier molecular flexibility index (Phi) is 4.31. The maximum atomic E-state index is 12.1. The van der Waals surface area contributed by atoms with Crippen LogP contribution in [0.25, 0.3) is 0 Å². The van der Waals surface area contributed by atoms with Crippen LogP contribution in [0.15, 0.2) is 24.3 Å². The van der Waals surface area contributed by atoms with E-state index in [2.05, 4.69) is 4.74 Å². The van der Waals surface area contributed by atoms with Gasteiger partial charge in [-0.15, -0.1) is 13.2 Å². The number of aliphatic hydroxyl groups is 1. The first kappa shape index (κ1) is 14.1. The summed E-state index contributed by atoms with van der Waals surface area (Å²) in [5, 5.41) is 10.0. The first-order valence-electron chi connectivity index (χ1n) is 6.05. The van der Waals surface area contributed by atoms with Gasteiger partial charge in [-0.2, -0.15) is 0 Å². The van der Waals surface area contributed by atoms with Crippen molar-refractivity contribution >= 4 is 0 Å². The van der Waals surface area contributed by atoms with Crippen LogP contribution in [0, 0.1) is 5.92 Å². The molecule has 1 aromatic rings. The molecule has 3 nitrogen and oxygen atoms in total. The molecule has 1 aromatic carbocycles. The molecule has 1 saturated heterocycles. The van der Waals surface area contributed by atoms with Crippen molar-refractivity contribution in [2.75, 3.05) is 13.2 Å². The summed E-state index contributed by atoms with van der Waals surface area (Å²) in [5.41, 5.74) is 0.425. The molecule has 1 heterocycles. The highest BCUT2D eigenvalue weighted by atomic mass is 19.4. The van der Waals surface area contributed by atoms with Crippen LogP contribution in [-0.2, 0) is 4.74 Å². The number of halogens is 3. The average Bonchev–Trinajstić information content (AvgIpc) is 2.80. The van der Waals surface area contributed by atoms with Gasteiger partial charge in [-0.1, -0.05) is 12.1 Å². The fourth-order valence-electron chi connectivity index (χ4n) is 2.14. The van der Waals surface area contributed by atoms with Gasteiger partial charge in [0.2, 0.25) is 0 Å². The molecule has 106 valence electrons. The Labute approximate surface area is 108 Å². The largest absolute Gasteiger partial charge is 0.573 e. The fraction of sp³-hybridized carbons (Fsp3) is 0.538. The highest BCUT2D eigenvalue weighted by Gasteiger charge is 2.31. The number of hydrogen-bond donors (Lipinski definition) is 1. The van der Waals surface area contributed by atoms with Gasteiger partial charge in [0.1, 0.15) is 5.75 Å². The lowest BCUT2D eigenvalue weighted by Gasteiger charge is -2.16. The number of ether oxygens (including phenoxy) is 2. The lowest BCUT2D eigenvalue weighted by molar-refractivity contribution is -0.274. The van der Waals surface area contributed by atoms with E-state index in [0.29, 0.717) is 25.2 Å². The van der Waals surface area contributed by atoms with Gasteiger partial charge < -0.3 is 14.6 Å². The molecule has 2 unspecified atom stereocenters. The van der Waals surface area contributed by atoms with Gasteiger partial charge in [0, 0.05) is 13.2 Å². The highest BCUT2D eigenvalue weighted by molar-refractivity contribution is 5.30. The van der Waals surface area contributed by atoms with E-state index in [1.54, 1.807) is 6.07 Å². The first-order chi connectivity index (χ1) is 8.94. The molecule has 1 N–H and O–H groups in total. The molecule has 0 spiro atoms. The molecule has 0 saturated carbocycles. The van der Waals surface area contributed by atoms with E-state index in [9.17, 15) is 18.3 Å². The summed E-state index contributed by atoms with van der Waals surface area (Å²) in [6.07, 6.45) is -4.17. The van der Waals surface area contributed by atoms with Crippen molar-refractivity contribution in [3.63, 3.8) is 0 Å². The van der Waals surface area contributed by atoms with Gasteiger partial charge in [-0.3, -0.25) is 0 Å². The van der Waals surface area contributed by atoms with Crippen LogP contribution < -0.4 is 4.74 Å². The standard InChI is InChI=1S/C13H15F3O3/c14-13(15,16)19-11-3-1-2-10(7-11)12(17)6-9-4-5-18-8-9/h1-3,7,9,12,17H,4-6,8H2. The molecule has 0 aromatic heterocycles. The van der Waals surface area contributed by atoms with Crippen LogP contribution >= 0.6 is 0 Å². The van der Waals surface area contributed by atoms with Gasteiger partial charge in [0.05, 0.1) is 6.10 Å². The smallest absolute Gasteiger partial charge is 0.406 e. The van der Waals surface area contributed by atoms with Gasteiger partial charge in [-0.25, -0.2) is 0 Å². The number of aliphatic hydroxyl groups excluding tert-OH is 1. The Morgan fingerprint density at radius 2 is 2.21 bits per heavy atom. The zero-order chi connectivity index (χ0) is 13.9. The predicted octanol–water partition coefficient (Wildman–Crippen LogP) is 3.05. The van der Waals surface area contributed by atoms with Crippen molar-refractivity contribution in [3.05, 3.63) is 29.8 Å². The number of benzene rings is 1. The Bertz CT molecular complexity index is 414. The Morgan fingerprint density at radius 1 is 1.42 bits per heavy atom. The van der Waals surface area contributed by atoms with Crippen LogP contribution in [0.2, 0.25) is 0 Å². The Balaban J connectivity index is 2.00. The summed E-state index contributed by atoms with van der Waals surface area (Å²) in [6.45, 7) is 1.27. The van der Waals surface area contributed by atoms with E-state index >= 15 is 0 Å². The van der Waals surface area contributed by atoms with Crippen molar-refractivity contribution in [2.45, 2.75) is 25.3 Å². The van der Waals surface area contributed by atoms with Crippen LogP contribution in [-0.4, -0.2) is 24.7 Å². The molecule has 0 aliphatic carbocycles. The molecule has 6 heteroatoms. The Hall–Kier alpha value is -1.27. The highest BCUT2D eigenvalue weighted by Crippen LogP contribution is 2.30. The van der Waals surface area contributed by atoms with Crippen molar-refractivity contribution in [3.8, 4) is 5.75 Å². The SMILES string of the molecule is OC(CC1CCOC1)c1cccc(OC(F)(F)F)c1. The zero-order valence-corrected chi connectivity index (χ0v) is 10.2. The minimum atomic E-state index is -4.72. The van der Waals surface area contributed by atoms with Crippen molar-refractivity contribution in [1.29, 1.82) is 0 Å². The second-order valence-electron chi connectivity index (χ2n) is 4.60. The average molecular weight is 276 g/mol. The molecule has 0 amide bonds. The van der Waals surface area contributed by atoms with E-state index in [-0.39, 0.29) is 11.7 Å². The number of alkyl halides is 3. The van der Waals surface area contributed by atoms with E-state index < -0.39 is 12.5 Å². The van der Waals surface area contributed by atoms with E-state index in [4.69, 9.17) is 4.74 Å². The van der Waals surface area contributed by atoms with Gasteiger partial charge in [-0.05, 0) is 36.5 Å². The van der Waals surface area contributed by atoms with Crippen LogP contribution in [0.1, 0.15) is 24.5 Å². The topological polar surface area (TPSA) is 38.7 Å². The third-order valence-corrected chi connectivity index (χ3v) is 3.06. The minimum Gasteiger partial charge on any atom is -0.406 e. The van der Waals surface area contributed by atoms with E-state index in [0.717, 1.165) is 6.42 Å². The number of hydrogen-bond acceptors (Lipinski definition) is 3. The van der Waals surface area contributed by atoms with Crippen LogP contribution in [0.4, 0.5) is 13.2 Å². The molecule has 2 rings (SSSR count). The third kappa shape index (κ3) is 4.40.